The van der Waals surface area contributed by atoms with Crippen LogP contribution >= 0.6 is 11.6 Å². The maximum Gasteiger partial charge on any atom is 0.338 e. The van der Waals surface area contributed by atoms with Crippen molar-refractivity contribution in [3.63, 3.8) is 0 Å². The van der Waals surface area contributed by atoms with Gasteiger partial charge in [-0.2, -0.15) is 0 Å². The number of fused-ring (bicyclic) bond motifs is 1. The van der Waals surface area contributed by atoms with E-state index in [1.165, 1.54) is 22.5 Å². The molecule has 8 heteroatoms. The number of rotatable bonds is 7. The van der Waals surface area contributed by atoms with Crippen LogP contribution < -0.4 is 4.31 Å². The molecule has 1 aliphatic rings. The van der Waals surface area contributed by atoms with Gasteiger partial charge in [0, 0.05) is 13.2 Å². The molecule has 1 heterocycles. The lowest BCUT2D eigenvalue weighted by Gasteiger charge is -2.20. The van der Waals surface area contributed by atoms with Crippen LogP contribution in [0.15, 0.2) is 47.4 Å². The minimum absolute atomic E-state index is 0.0604. The van der Waals surface area contributed by atoms with Crippen LogP contribution in [0.5, 0.6) is 0 Å². The van der Waals surface area contributed by atoms with E-state index in [2.05, 4.69) is 0 Å². The third-order valence-electron chi connectivity index (χ3n) is 4.24. The van der Waals surface area contributed by atoms with Gasteiger partial charge in [0.05, 0.1) is 22.9 Å². The Morgan fingerprint density at radius 3 is 2.74 bits per heavy atom. The van der Waals surface area contributed by atoms with E-state index in [9.17, 15) is 13.2 Å². The Kier molecular flexibility index (Phi) is 6.04. The Morgan fingerprint density at radius 1 is 1.19 bits per heavy atom. The normalized spacial score (nSPS) is 13.5. The number of sulfonamides is 1. The van der Waals surface area contributed by atoms with Crippen molar-refractivity contribution >= 4 is 33.3 Å². The highest BCUT2D eigenvalue weighted by Gasteiger charge is 2.32. The van der Waals surface area contributed by atoms with Crippen LogP contribution in [0.4, 0.5) is 5.69 Å². The third-order valence-corrected chi connectivity index (χ3v) is 6.54. The molecule has 1 aliphatic heterocycles. The zero-order chi connectivity index (χ0) is 19.4. The molecule has 6 nitrogen and oxygen atoms in total. The van der Waals surface area contributed by atoms with Gasteiger partial charge in [0.2, 0.25) is 0 Å². The molecular weight excluding hydrogens is 390 g/mol. The van der Waals surface area contributed by atoms with E-state index in [4.69, 9.17) is 21.1 Å². The summed E-state index contributed by atoms with van der Waals surface area (Å²) in [7, 11) is -3.90. The molecule has 144 valence electrons. The number of nitrogens with zero attached hydrogens (tertiary/aromatic N) is 1. The highest BCUT2D eigenvalue weighted by atomic mass is 35.5. The fourth-order valence-electron chi connectivity index (χ4n) is 2.93. The fraction of sp³-hybridized carbons (Fsp3) is 0.316. The fourth-order valence-corrected chi connectivity index (χ4v) is 4.93. The molecule has 0 radical (unpaired) electrons. The number of benzene rings is 2. The predicted octanol–water partition coefficient (Wildman–Crippen LogP) is 3.28. The average Bonchev–Trinajstić information content (AvgIpc) is 3.10. The maximum atomic E-state index is 13.2. The van der Waals surface area contributed by atoms with E-state index in [0.717, 1.165) is 5.56 Å². The number of ether oxygens (including phenoxy) is 2. The van der Waals surface area contributed by atoms with Gasteiger partial charge in [-0.05, 0) is 43.2 Å². The number of carbonyl (C=O) groups is 1. The van der Waals surface area contributed by atoms with Crippen LogP contribution in [0.1, 0.15) is 22.8 Å². The number of anilines is 1. The maximum absolute atomic E-state index is 13.2. The van der Waals surface area contributed by atoms with Gasteiger partial charge in [0.25, 0.3) is 10.0 Å². The monoisotopic (exact) mass is 409 g/mol. The summed E-state index contributed by atoms with van der Waals surface area (Å²) in [4.78, 5) is 12.1. The molecule has 0 fully saturated rings. The quantitative estimate of drug-likeness (QED) is 0.518. The highest BCUT2D eigenvalue weighted by molar-refractivity contribution is 7.93. The predicted molar refractivity (Wildman–Crippen MR) is 103 cm³/mol. The number of para-hydroxylation sites is 1. The summed E-state index contributed by atoms with van der Waals surface area (Å²) >= 11 is 6.16. The Bertz CT molecular complexity index is 945. The third kappa shape index (κ3) is 4.10. The molecule has 2 aromatic rings. The first-order valence-corrected chi connectivity index (χ1v) is 10.4. The zero-order valence-electron chi connectivity index (χ0n) is 14.9. The number of halogens is 1. The van der Waals surface area contributed by atoms with Crippen molar-refractivity contribution in [2.45, 2.75) is 18.2 Å². The average molecular weight is 410 g/mol. The second kappa shape index (κ2) is 8.29. The summed E-state index contributed by atoms with van der Waals surface area (Å²) in [5.74, 6) is -0.621. The zero-order valence-corrected chi connectivity index (χ0v) is 16.4. The first kappa shape index (κ1) is 19.7. The second-order valence-electron chi connectivity index (χ2n) is 5.93. The molecule has 0 amide bonds. The van der Waals surface area contributed by atoms with Crippen molar-refractivity contribution in [2.24, 2.45) is 0 Å². The topological polar surface area (TPSA) is 72.9 Å². The number of esters is 1. The van der Waals surface area contributed by atoms with Gasteiger partial charge in [-0.1, -0.05) is 29.8 Å². The lowest BCUT2D eigenvalue weighted by atomic mass is 10.2. The van der Waals surface area contributed by atoms with E-state index >= 15 is 0 Å². The molecule has 3 rings (SSSR count). The van der Waals surface area contributed by atoms with Crippen LogP contribution in [0.2, 0.25) is 5.02 Å². The van der Waals surface area contributed by atoms with Gasteiger partial charge in [0.15, 0.2) is 0 Å². The molecule has 0 spiro atoms. The smallest absolute Gasteiger partial charge is 0.338 e. The van der Waals surface area contributed by atoms with Crippen molar-refractivity contribution in [3.8, 4) is 0 Å². The van der Waals surface area contributed by atoms with Gasteiger partial charge < -0.3 is 9.47 Å². The van der Waals surface area contributed by atoms with E-state index in [-0.39, 0.29) is 28.7 Å². The van der Waals surface area contributed by atoms with E-state index in [1.807, 2.05) is 19.1 Å². The standard InChI is InChI=1S/C19H20ClNO5S/c1-2-25-11-12-26-19(22)15-7-8-16(20)18(13-15)27(23,24)21-10-9-14-5-3-4-6-17(14)21/h3-8,13H,2,9-12H2,1H3. The first-order chi connectivity index (χ1) is 12.9. The molecule has 0 aromatic heterocycles. The molecule has 0 atom stereocenters. The minimum atomic E-state index is -3.90. The van der Waals surface area contributed by atoms with Gasteiger partial charge in [-0.25, -0.2) is 13.2 Å². The number of hydrogen-bond acceptors (Lipinski definition) is 5. The highest BCUT2D eigenvalue weighted by Crippen LogP contribution is 2.35. The lowest BCUT2D eigenvalue weighted by molar-refractivity contribution is 0.0335. The van der Waals surface area contributed by atoms with Crippen molar-refractivity contribution < 1.29 is 22.7 Å². The molecule has 2 aromatic carbocycles. The first-order valence-electron chi connectivity index (χ1n) is 8.60. The van der Waals surface area contributed by atoms with E-state index in [0.29, 0.717) is 25.3 Å². The summed E-state index contributed by atoms with van der Waals surface area (Å²) < 4.78 is 37.9. The van der Waals surface area contributed by atoms with Gasteiger partial charge in [0.1, 0.15) is 11.5 Å². The Hall–Kier alpha value is -2.09. The van der Waals surface area contributed by atoms with Crippen LogP contribution in [-0.2, 0) is 25.9 Å². The van der Waals surface area contributed by atoms with Gasteiger partial charge in [-0.15, -0.1) is 0 Å². The molecule has 0 saturated heterocycles. The van der Waals surface area contributed by atoms with Crippen molar-refractivity contribution in [1.82, 2.24) is 0 Å². The minimum Gasteiger partial charge on any atom is -0.460 e. The summed E-state index contributed by atoms with van der Waals surface area (Å²) in [5, 5.41) is 0.0604. The lowest BCUT2D eigenvalue weighted by Crippen LogP contribution is -2.29. The Labute approximate surface area is 163 Å². The van der Waals surface area contributed by atoms with Crippen molar-refractivity contribution in [2.75, 3.05) is 30.7 Å². The molecule has 0 bridgehead atoms. The summed E-state index contributed by atoms with van der Waals surface area (Å²) in [6.45, 7) is 3.08. The largest absolute Gasteiger partial charge is 0.460 e. The molecule has 0 N–H and O–H groups in total. The molecule has 0 saturated carbocycles. The number of hydrogen-bond donors (Lipinski definition) is 0. The van der Waals surface area contributed by atoms with Gasteiger partial charge >= 0.3 is 5.97 Å². The second-order valence-corrected chi connectivity index (χ2v) is 8.17. The van der Waals surface area contributed by atoms with E-state index in [1.54, 1.807) is 12.1 Å². The van der Waals surface area contributed by atoms with Gasteiger partial charge in [-0.3, -0.25) is 4.31 Å². The summed E-state index contributed by atoms with van der Waals surface area (Å²) in [6.07, 6.45) is 0.631. The van der Waals surface area contributed by atoms with Crippen LogP contribution in [0.3, 0.4) is 0 Å². The summed E-state index contributed by atoms with van der Waals surface area (Å²) in [5.41, 5.74) is 1.73. The van der Waals surface area contributed by atoms with Crippen LogP contribution in [-0.4, -0.2) is 40.8 Å². The summed E-state index contributed by atoms with van der Waals surface area (Å²) in [6, 6.07) is 11.4. The SMILES string of the molecule is CCOCCOC(=O)c1ccc(Cl)c(S(=O)(=O)N2CCc3ccccc32)c1. The van der Waals surface area contributed by atoms with Crippen LogP contribution in [0, 0.1) is 0 Å². The Balaban J connectivity index is 1.87. The Morgan fingerprint density at radius 2 is 1.96 bits per heavy atom. The molecule has 0 aliphatic carbocycles. The molecular formula is C19H20ClNO5S. The van der Waals surface area contributed by atoms with Crippen LogP contribution in [0.25, 0.3) is 0 Å². The van der Waals surface area contributed by atoms with Crippen molar-refractivity contribution in [3.05, 3.63) is 58.6 Å². The molecule has 0 unspecified atom stereocenters. The van der Waals surface area contributed by atoms with Crippen molar-refractivity contribution in [1.29, 1.82) is 0 Å². The molecule has 27 heavy (non-hydrogen) atoms. The number of carbonyl (C=O) groups excluding carboxylic acids is 1. The van der Waals surface area contributed by atoms with E-state index < -0.39 is 16.0 Å².